The maximum absolute atomic E-state index is 13.3. The Morgan fingerprint density at radius 2 is 1.94 bits per heavy atom. The van der Waals surface area contributed by atoms with Gasteiger partial charge in [0.2, 0.25) is 5.91 Å². The van der Waals surface area contributed by atoms with Gasteiger partial charge in [-0.3, -0.25) is 9.59 Å². The first kappa shape index (κ1) is 21.6. The fourth-order valence-electron chi connectivity index (χ4n) is 3.75. The molecule has 0 aliphatic carbocycles. The molecule has 1 N–H and O–H groups in total. The molecule has 0 aliphatic rings. The van der Waals surface area contributed by atoms with Gasteiger partial charge in [0, 0.05) is 16.8 Å². The molecule has 0 radical (unpaired) electrons. The predicted molar refractivity (Wildman–Crippen MR) is 132 cm³/mol. The Morgan fingerprint density at radius 3 is 2.71 bits per heavy atom. The van der Waals surface area contributed by atoms with Crippen LogP contribution in [0.4, 0.5) is 5.69 Å². The molecule has 0 saturated heterocycles. The number of carbonyl (C=O) groups excluding carboxylic acids is 1. The van der Waals surface area contributed by atoms with E-state index in [9.17, 15) is 9.59 Å². The van der Waals surface area contributed by atoms with Gasteiger partial charge in [0.05, 0.1) is 22.1 Å². The summed E-state index contributed by atoms with van der Waals surface area (Å²) in [6, 6.07) is 14.1. The molecule has 0 saturated carbocycles. The van der Waals surface area contributed by atoms with Gasteiger partial charge in [-0.1, -0.05) is 36.4 Å². The van der Waals surface area contributed by atoms with E-state index in [0.29, 0.717) is 23.5 Å². The van der Waals surface area contributed by atoms with Crippen molar-refractivity contribution < 1.29 is 4.79 Å². The first-order valence-electron chi connectivity index (χ1n) is 10.3. The van der Waals surface area contributed by atoms with Gasteiger partial charge >= 0.3 is 0 Å². The summed E-state index contributed by atoms with van der Waals surface area (Å²) in [6.45, 7) is 8.45. The summed E-state index contributed by atoms with van der Waals surface area (Å²) in [5.41, 5.74) is 1.81. The maximum Gasteiger partial charge on any atom is 0.259 e. The number of nitrogens with one attached hydrogen (secondary N) is 1. The number of nitrogens with zero attached hydrogens (tertiary/aromatic N) is 2. The second-order valence-corrected chi connectivity index (χ2v) is 10.0. The molecule has 2 heterocycles. The van der Waals surface area contributed by atoms with Crippen molar-refractivity contribution in [3.63, 3.8) is 0 Å². The normalized spacial score (nSPS) is 12.4. The summed E-state index contributed by atoms with van der Waals surface area (Å²) < 4.78 is 0. The minimum atomic E-state index is -0.272. The number of thioether (sulfide) groups is 1. The molecular formula is C24H25N3O2S2. The lowest BCUT2D eigenvalue weighted by molar-refractivity contribution is -0.117. The Hall–Kier alpha value is -2.64. The molecule has 1 atom stereocenters. The van der Waals surface area contributed by atoms with Crippen LogP contribution in [0, 0.1) is 13.8 Å². The molecule has 7 heteroatoms. The average Bonchev–Trinajstić information content (AvgIpc) is 3.06. The first-order chi connectivity index (χ1) is 14.9. The second kappa shape index (κ2) is 8.85. The van der Waals surface area contributed by atoms with Gasteiger partial charge in [-0.05, 0) is 44.7 Å². The first-order valence-corrected chi connectivity index (χ1v) is 12.2. The summed E-state index contributed by atoms with van der Waals surface area (Å²) in [5, 5.41) is 2.58. The van der Waals surface area contributed by atoms with Crippen LogP contribution in [0.2, 0.25) is 0 Å². The van der Waals surface area contributed by atoms with Crippen molar-refractivity contribution in [2.24, 2.45) is 0 Å². The van der Waals surface area contributed by atoms with E-state index < -0.39 is 0 Å². The number of amides is 1. The molecular weight excluding hydrogens is 426 g/mol. The molecule has 0 fully saturated rings. The molecule has 31 heavy (non-hydrogen) atoms. The van der Waals surface area contributed by atoms with Crippen molar-refractivity contribution in [1.82, 2.24) is 9.97 Å². The van der Waals surface area contributed by atoms with E-state index in [-0.39, 0.29) is 16.7 Å². The monoisotopic (exact) mass is 451 g/mol. The highest BCUT2D eigenvalue weighted by atomic mass is 32.2. The molecule has 1 amide bonds. The Bertz CT molecular complexity index is 1320. The summed E-state index contributed by atoms with van der Waals surface area (Å²) in [6.07, 6.45) is 0. The van der Waals surface area contributed by atoms with E-state index in [4.69, 9.17) is 0 Å². The molecule has 0 aliphatic heterocycles. The Balaban J connectivity index is 1.54. The Kier molecular flexibility index (Phi) is 6.16. The SMILES string of the molecule is CCN(C(=O)C(C)SCc1nc2sc(C)c(C)c2c(=O)[nH]1)c1cccc2ccccc12. The van der Waals surface area contributed by atoms with Crippen LogP contribution in [0.3, 0.4) is 0 Å². The third-order valence-electron chi connectivity index (χ3n) is 5.55. The molecule has 1 unspecified atom stereocenters. The van der Waals surface area contributed by atoms with Gasteiger partial charge in [0.1, 0.15) is 10.7 Å². The number of aryl methyl sites for hydroxylation is 2. The number of anilines is 1. The van der Waals surface area contributed by atoms with E-state index in [1.807, 2.05) is 62.9 Å². The van der Waals surface area contributed by atoms with Crippen molar-refractivity contribution in [2.75, 3.05) is 11.4 Å². The van der Waals surface area contributed by atoms with E-state index in [1.54, 1.807) is 0 Å². The number of hydrogen-bond acceptors (Lipinski definition) is 5. The minimum Gasteiger partial charge on any atom is -0.311 e. The number of fused-ring (bicyclic) bond motifs is 2. The van der Waals surface area contributed by atoms with E-state index in [0.717, 1.165) is 31.7 Å². The van der Waals surface area contributed by atoms with E-state index in [1.165, 1.54) is 23.1 Å². The van der Waals surface area contributed by atoms with Crippen LogP contribution in [-0.4, -0.2) is 27.7 Å². The summed E-state index contributed by atoms with van der Waals surface area (Å²) in [7, 11) is 0. The number of aromatic nitrogens is 2. The molecule has 160 valence electrons. The molecule has 0 bridgehead atoms. The Morgan fingerprint density at radius 1 is 1.19 bits per heavy atom. The Labute approximate surface area is 189 Å². The lowest BCUT2D eigenvalue weighted by Gasteiger charge is -2.25. The van der Waals surface area contributed by atoms with Gasteiger partial charge in [-0.2, -0.15) is 0 Å². The van der Waals surface area contributed by atoms with Crippen molar-refractivity contribution in [3.8, 4) is 0 Å². The highest BCUT2D eigenvalue weighted by Crippen LogP contribution is 2.30. The average molecular weight is 452 g/mol. The number of thiophene rings is 1. The quantitative estimate of drug-likeness (QED) is 0.424. The lowest BCUT2D eigenvalue weighted by Crippen LogP contribution is -2.36. The van der Waals surface area contributed by atoms with Crippen molar-refractivity contribution >= 4 is 55.7 Å². The maximum atomic E-state index is 13.3. The number of rotatable bonds is 6. The van der Waals surface area contributed by atoms with Crippen LogP contribution < -0.4 is 10.5 Å². The molecule has 5 nitrogen and oxygen atoms in total. The molecule has 0 spiro atoms. The van der Waals surface area contributed by atoms with Gasteiger partial charge < -0.3 is 9.88 Å². The predicted octanol–water partition coefficient (Wildman–Crippen LogP) is 5.43. The van der Waals surface area contributed by atoms with Crippen molar-refractivity contribution in [3.05, 3.63) is 69.1 Å². The number of aromatic amines is 1. The zero-order chi connectivity index (χ0) is 22.1. The van der Waals surface area contributed by atoms with Crippen LogP contribution in [0.15, 0.2) is 47.3 Å². The summed E-state index contributed by atoms with van der Waals surface area (Å²) in [4.78, 5) is 37.0. The van der Waals surface area contributed by atoms with Crippen LogP contribution in [0.5, 0.6) is 0 Å². The van der Waals surface area contributed by atoms with Gasteiger partial charge in [-0.25, -0.2) is 4.98 Å². The standard InChI is InChI=1S/C24H25N3O2S2/c1-5-27(19-12-8-10-17-9-6-7-11-18(17)19)24(29)16(4)30-13-20-25-22(28)21-14(2)15(3)31-23(21)26-20/h6-12,16H,5,13H2,1-4H3,(H,25,26,28). The van der Waals surface area contributed by atoms with Crippen LogP contribution in [0.1, 0.15) is 30.1 Å². The van der Waals surface area contributed by atoms with E-state index in [2.05, 4.69) is 22.1 Å². The minimum absolute atomic E-state index is 0.0510. The number of hydrogen-bond donors (Lipinski definition) is 1. The fourth-order valence-corrected chi connectivity index (χ4v) is 5.61. The highest BCUT2D eigenvalue weighted by molar-refractivity contribution is 7.99. The lowest BCUT2D eigenvalue weighted by atomic mass is 10.1. The zero-order valence-corrected chi connectivity index (χ0v) is 19.7. The molecule has 4 rings (SSSR count). The number of H-pyrrole nitrogens is 1. The number of benzene rings is 2. The van der Waals surface area contributed by atoms with Crippen molar-refractivity contribution in [2.45, 2.75) is 38.7 Å². The molecule has 4 aromatic rings. The zero-order valence-electron chi connectivity index (χ0n) is 18.1. The largest absolute Gasteiger partial charge is 0.311 e. The third kappa shape index (κ3) is 4.12. The fraction of sp³-hybridized carbons (Fsp3) is 0.292. The number of carbonyl (C=O) groups is 1. The van der Waals surface area contributed by atoms with Gasteiger partial charge in [-0.15, -0.1) is 23.1 Å². The summed E-state index contributed by atoms with van der Waals surface area (Å²) in [5.74, 6) is 1.13. The van der Waals surface area contributed by atoms with Crippen LogP contribution >= 0.6 is 23.1 Å². The van der Waals surface area contributed by atoms with Crippen LogP contribution in [0.25, 0.3) is 21.0 Å². The molecule has 2 aromatic heterocycles. The second-order valence-electron chi connectivity index (χ2n) is 7.51. The van der Waals surface area contributed by atoms with E-state index >= 15 is 0 Å². The summed E-state index contributed by atoms with van der Waals surface area (Å²) >= 11 is 3.03. The smallest absolute Gasteiger partial charge is 0.259 e. The molecule has 2 aromatic carbocycles. The van der Waals surface area contributed by atoms with Gasteiger partial charge in [0.15, 0.2) is 0 Å². The van der Waals surface area contributed by atoms with Crippen LogP contribution in [-0.2, 0) is 10.5 Å². The van der Waals surface area contributed by atoms with Gasteiger partial charge in [0.25, 0.3) is 5.56 Å². The van der Waals surface area contributed by atoms with Crippen molar-refractivity contribution in [1.29, 1.82) is 0 Å². The third-order valence-corrected chi connectivity index (χ3v) is 7.79. The highest BCUT2D eigenvalue weighted by Gasteiger charge is 2.23. The topological polar surface area (TPSA) is 66.1 Å².